The molecule has 2 heterocycles. The van der Waals surface area contributed by atoms with Crippen LogP contribution < -0.4 is 5.73 Å². The van der Waals surface area contributed by atoms with Crippen molar-refractivity contribution in [3.05, 3.63) is 41.5 Å². The van der Waals surface area contributed by atoms with Crippen molar-refractivity contribution in [2.24, 2.45) is 0 Å². The van der Waals surface area contributed by atoms with Crippen LogP contribution in [0.5, 0.6) is 0 Å². The molecule has 0 aliphatic carbocycles. The topological polar surface area (TPSA) is 56.7 Å². The summed E-state index contributed by atoms with van der Waals surface area (Å²) in [6.45, 7) is 0.792. The maximum atomic E-state index is 13.2. The van der Waals surface area contributed by atoms with Gasteiger partial charge in [0.05, 0.1) is 0 Å². The highest BCUT2D eigenvalue weighted by Crippen LogP contribution is 2.28. The van der Waals surface area contributed by atoms with Crippen LogP contribution in [0.15, 0.2) is 24.3 Å². The number of hydrogen-bond donors (Lipinski definition) is 1. The molecular weight excluding hydrogens is 219 g/mol. The fourth-order valence-electron chi connectivity index (χ4n) is 2.37. The van der Waals surface area contributed by atoms with E-state index in [1.807, 2.05) is 10.7 Å². The number of nitrogen functional groups attached to an aromatic ring is 1. The molecule has 2 aromatic rings. The Morgan fingerprint density at radius 1 is 1.41 bits per heavy atom. The largest absolute Gasteiger partial charge is 0.366 e. The number of rotatable bonds is 1. The Kier molecular flexibility index (Phi) is 2.31. The van der Waals surface area contributed by atoms with Crippen molar-refractivity contribution in [3.63, 3.8) is 0 Å². The second kappa shape index (κ2) is 3.84. The molecule has 1 aliphatic rings. The summed E-state index contributed by atoms with van der Waals surface area (Å²) in [6, 6.07) is 6.77. The van der Waals surface area contributed by atoms with Crippen molar-refractivity contribution >= 4 is 5.95 Å². The fraction of sp³-hybridized carbons (Fsp3) is 0.333. The minimum atomic E-state index is -0.186. The van der Waals surface area contributed by atoms with Crippen LogP contribution in [0.2, 0.25) is 0 Å². The highest BCUT2D eigenvalue weighted by molar-refractivity contribution is 5.24. The quantitative estimate of drug-likeness (QED) is 0.814. The summed E-state index contributed by atoms with van der Waals surface area (Å²) in [5, 5.41) is 4.11. The number of nitrogens with zero attached hydrogens (tertiary/aromatic N) is 3. The summed E-state index contributed by atoms with van der Waals surface area (Å²) in [5.74, 6) is 1.33. The molecule has 0 fully saturated rings. The van der Waals surface area contributed by atoms with Crippen LogP contribution in [-0.4, -0.2) is 14.8 Å². The summed E-state index contributed by atoms with van der Waals surface area (Å²) < 4.78 is 15.0. The minimum absolute atomic E-state index is 0.186. The van der Waals surface area contributed by atoms with Crippen LogP contribution in [0.3, 0.4) is 0 Å². The molecule has 1 unspecified atom stereocenters. The lowest BCUT2D eigenvalue weighted by Crippen LogP contribution is -2.19. The first-order valence-corrected chi connectivity index (χ1v) is 5.67. The first-order chi connectivity index (χ1) is 8.22. The van der Waals surface area contributed by atoms with Crippen molar-refractivity contribution in [2.45, 2.75) is 25.3 Å². The Morgan fingerprint density at radius 2 is 2.29 bits per heavy atom. The summed E-state index contributed by atoms with van der Waals surface area (Å²) in [4.78, 5) is 4.19. The van der Waals surface area contributed by atoms with Crippen molar-refractivity contribution < 1.29 is 4.39 Å². The number of nitrogens with two attached hydrogens (primary N) is 1. The predicted molar refractivity (Wildman–Crippen MR) is 61.9 cm³/mol. The van der Waals surface area contributed by atoms with E-state index in [0.717, 1.165) is 30.8 Å². The van der Waals surface area contributed by atoms with E-state index in [2.05, 4.69) is 10.1 Å². The number of halogens is 1. The third-order valence-electron chi connectivity index (χ3n) is 3.20. The zero-order valence-electron chi connectivity index (χ0n) is 9.31. The summed E-state index contributed by atoms with van der Waals surface area (Å²) in [7, 11) is 0. The smallest absolute Gasteiger partial charge is 0.239 e. The average molecular weight is 232 g/mol. The van der Waals surface area contributed by atoms with Gasteiger partial charge >= 0.3 is 0 Å². The Morgan fingerprint density at radius 3 is 3.12 bits per heavy atom. The maximum absolute atomic E-state index is 13.2. The van der Waals surface area contributed by atoms with Gasteiger partial charge in [-0.1, -0.05) is 12.1 Å². The zero-order chi connectivity index (χ0) is 11.8. The van der Waals surface area contributed by atoms with Gasteiger partial charge in [-0.05, 0) is 30.0 Å². The molecule has 0 saturated heterocycles. The SMILES string of the molecule is Nc1nc2n(n1)CCC(c1cccc(F)c1)C2. The molecule has 1 atom stereocenters. The fourth-order valence-corrected chi connectivity index (χ4v) is 2.37. The molecule has 2 N–H and O–H groups in total. The number of anilines is 1. The highest BCUT2D eigenvalue weighted by atomic mass is 19.1. The molecule has 1 aromatic carbocycles. The third kappa shape index (κ3) is 1.88. The normalized spacial score (nSPS) is 19.0. The van der Waals surface area contributed by atoms with E-state index in [4.69, 9.17) is 5.73 Å². The second-order valence-corrected chi connectivity index (χ2v) is 4.35. The minimum Gasteiger partial charge on any atom is -0.366 e. The van der Waals surface area contributed by atoms with Crippen LogP contribution >= 0.6 is 0 Å². The number of hydrogen-bond acceptors (Lipinski definition) is 3. The van der Waals surface area contributed by atoms with Crippen LogP contribution in [0.1, 0.15) is 23.7 Å². The molecule has 4 nitrogen and oxygen atoms in total. The van der Waals surface area contributed by atoms with E-state index in [1.165, 1.54) is 6.07 Å². The van der Waals surface area contributed by atoms with E-state index in [1.54, 1.807) is 12.1 Å². The lowest BCUT2D eigenvalue weighted by atomic mass is 9.90. The molecule has 88 valence electrons. The Hall–Kier alpha value is -1.91. The van der Waals surface area contributed by atoms with Crippen LogP contribution in [0.25, 0.3) is 0 Å². The number of fused-ring (bicyclic) bond motifs is 1. The summed E-state index contributed by atoms with van der Waals surface area (Å²) in [5.41, 5.74) is 6.59. The molecule has 5 heteroatoms. The van der Waals surface area contributed by atoms with Gasteiger partial charge < -0.3 is 5.73 Å². The Bertz CT molecular complexity index is 549. The molecule has 0 spiro atoms. The average Bonchev–Trinajstić information content (AvgIpc) is 2.68. The molecule has 0 bridgehead atoms. The van der Waals surface area contributed by atoms with Crippen molar-refractivity contribution in [2.75, 3.05) is 5.73 Å². The van der Waals surface area contributed by atoms with Gasteiger partial charge in [0, 0.05) is 13.0 Å². The zero-order valence-corrected chi connectivity index (χ0v) is 9.31. The van der Waals surface area contributed by atoms with E-state index < -0.39 is 0 Å². The monoisotopic (exact) mass is 232 g/mol. The first kappa shape index (κ1) is 10.3. The van der Waals surface area contributed by atoms with Gasteiger partial charge in [0.25, 0.3) is 0 Å². The molecule has 17 heavy (non-hydrogen) atoms. The van der Waals surface area contributed by atoms with Crippen LogP contribution in [-0.2, 0) is 13.0 Å². The van der Waals surface area contributed by atoms with Crippen molar-refractivity contribution in [1.29, 1.82) is 0 Å². The Labute approximate surface area is 98.3 Å². The molecule has 3 rings (SSSR count). The summed E-state index contributed by atoms with van der Waals surface area (Å²) >= 11 is 0. The molecular formula is C12H13FN4. The molecule has 1 aromatic heterocycles. The first-order valence-electron chi connectivity index (χ1n) is 5.67. The van der Waals surface area contributed by atoms with Gasteiger partial charge in [0.15, 0.2) is 0 Å². The molecule has 0 amide bonds. The molecule has 1 aliphatic heterocycles. The summed E-state index contributed by atoms with van der Waals surface area (Å²) in [6.07, 6.45) is 1.72. The van der Waals surface area contributed by atoms with Gasteiger partial charge in [-0.2, -0.15) is 4.98 Å². The van der Waals surface area contributed by atoms with Gasteiger partial charge in [-0.15, -0.1) is 5.10 Å². The number of aromatic nitrogens is 3. The maximum Gasteiger partial charge on any atom is 0.239 e. The van der Waals surface area contributed by atoms with Crippen molar-refractivity contribution in [1.82, 2.24) is 14.8 Å². The highest BCUT2D eigenvalue weighted by Gasteiger charge is 2.22. The van der Waals surface area contributed by atoms with E-state index in [9.17, 15) is 4.39 Å². The molecule has 0 saturated carbocycles. The van der Waals surface area contributed by atoms with E-state index >= 15 is 0 Å². The van der Waals surface area contributed by atoms with Gasteiger partial charge in [-0.3, -0.25) is 0 Å². The van der Waals surface area contributed by atoms with Crippen molar-refractivity contribution in [3.8, 4) is 0 Å². The van der Waals surface area contributed by atoms with Gasteiger partial charge in [-0.25, -0.2) is 9.07 Å². The van der Waals surface area contributed by atoms with Gasteiger partial charge in [0.1, 0.15) is 11.6 Å². The van der Waals surface area contributed by atoms with Crippen LogP contribution in [0.4, 0.5) is 10.3 Å². The van der Waals surface area contributed by atoms with Gasteiger partial charge in [0.2, 0.25) is 5.95 Å². The lowest BCUT2D eigenvalue weighted by molar-refractivity contribution is 0.433. The van der Waals surface area contributed by atoms with E-state index in [-0.39, 0.29) is 5.82 Å². The predicted octanol–water partition coefficient (Wildman–Crippen LogP) is 1.73. The number of aryl methyl sites for hydroxylation is 1. The standard InChI is InChI=1S/C12H13FN4/c13-10-3-1-2-8(6-10)9-4-5-17-11(7-9)15-12(14)16-17/h1-3,6,9H,4-5,7H2,(H2,14,16). The molecule has 0 radical (unpaired) electrons. The second-order valence-electron chi connectivity index (χ2n) is 4.35. The van der Waals surface area contributed by atoms with E-state index in [0.29, 0.717) is 11.9 Å². The van der Waals surface area contributed by atoms with Crippen LogP contribution in [0, 0.1) is 5.82 Å². The lowest BCUT2D eigenvalue weighted by Gasteiger charge is -2.22. The third-order valence-corrected chi connectivity index (χ3v) is 3.20. The Balaban J connectivity index is 1.88. The number of benzene rings is 1.